The maximum absolute atomic E-state index is 13.8. The van der Waals surface area contributed by atoms with E-state index in [1.54, 1.807) is 12.3 Å². The molecule has 1 aliphatic rings. The Labute approximate surface area is 150 Å². The summed E-state index contributed by atoms with van der Waals surface area (Å²) < 4.78 is 24.6. The van der Waals surface area contributed by atoms with Crippen molar-refractivity contribution in [2.45, 2.75) is 6.61 Å². The van der Waals surface area contributed by atoms with Gasteiger partial charge in [0, 0.05) is 30.0 Å². The highest BCUT2D eigenvalue weighted by molar-refractivity contribution is 5.82. The molecular formula is C21H18FNO3. The number of halogens is 1. The molecule has 0 spiro atoms. The van der Waals surface area contributed by atoms with Crippen molar-refractivity contribution in [1.29, 1.82) is 0 Å². The standard InChI is InChI=1S/C21H18FNO3/c22-19-8-20(10-21(9-19)26-23-11-16-12-24-13-16)25-14-15-5-6-17-3-1-2-4-18(17)7-15/h1-11,23H,12-14H2. The third-order valence-corrected chi connectivity index (χ3v) is 4.08. The zero-order valence-corrected chi connectivity index (χ0v) is 14.1. The van der Waals surface area contributed by atoms with E-state index in [9.17, 15) is 4.39 Å². The van der Waals surface area contributed by atoms with Gasteiger partial charge < -0.3 is 14.3 Å². The van der Waals surface area contributed by atoms with Gasteiger partial charge in [-0.15, -0.1) is 0 Å². The van der Waals surface area contributed by atoms with Crippen LogP contribution >= 0.6 is 0 Å². The Balaban J connectivity index is 1.41. The summed E-state index contributed by atoms with van der Waals surface area (Å²) in [6.07, 6.45) is 1.71. The van der Waals surface area contributed by atoms with Crippen molar-refractivity contribution >= 4 is 10.8 Å². The molecule has 1 N–H and O–H groups in total. The van der Waals surface area contributed by atoms with E-state index >= 15 is 0 Å². The SMILES string of the molecule is Fc1cc(OCc2ccc3ccccc3c2)cc(ONC=C2COC2)c1. The molecular weight excluding hydrogens is 333 g/mol. The van der Waals surface area contributed by atoms with Gasteiger partial charge in [0.25, 0.3) is 0 Å². The number of benzene rings is 3. The first kappa shape index (κ1) is 16.4. The highest BCUT2D eigenvalue weighted by atomic mass is 19.1. The third kappa shape index (κ3) is 3.95. The predicted molar refractivity (Wildman–Crippen MR) is 97.3 cm³/mol. The minimum absolute atomic E-state index is 0.343. The molecule has 3 aromatic carbocycles. The molecule has 4 nitrogen and oxygen atoms in total. The molecule has 5 heteroatoms. The van der Waals surface area contributed by atoms with Gasteiger partial charge in [0.05, 0.1) is 13.2 Å². The molecule has 0 bridgehead atoms. The summed E-state index contributed by atoms with van der Waals surface area (Å²) in [7, 11) is 0. The summed E-state index contributed by atoms with van der Waals surface area (Å²) in [6.45, 7) is 1.54. The van der Waals surface area contributed by atoms with Gasteiger partial charge in [0.15, 0.2) is 5.75 Å². The van der Waals surface area contributed by atoms with E-state index in [1.165, 1.54) is 17.5 Å². The highest BCUT2D eigenvalue weighted by Crippen LogP contribution is 2.23. The maximum atomic E-state index is 13.8. The molecule has 0 aromatic heterocycles. The lowest BCUT2D eigenvalue weighted by atomic mass is 10.1. The van der Waals surface area contributed by atoms with Crippen LogP contribution in [-0.2, 0) is 11.3 Å². The number of hydrogen-bond donors (Lipinski definition) is 1. The van der Waals surface area contributed by atoms with Crippen molar-refractivity contribution in [2.24, 2.45) is 0 Å². The van der Waals surface area contributed by atoms with Crippen LogP contribution in [0.3, 0.4) is 0 Å². The molecule has 132 valence electrons. The van der Waals surface area contributed by atoms with Gasteiger partial charge in [-0.05, 0) is 22.4 Å². The van der Waals surface area contributed by atoms with Gasteiger partial charge in [-0.3, -0.25) is 0 Å². The van der Waals surface area contributed by atoms with E-state index in [4.69, 9.17) is 14.3 Å². The summed E-state index contributed by atoms with van der Waals surface area (Å²) in [6, 6.07) is 18.5. The van der Waals surface area contributed by atoms with Gasteiger partial charge >= 0.3 is 0 Å². The van der Waals surface area contributed by atoms with Crippen molar-refractivity contribution in [1.82, 2.24) is 5.48 Å². The molecule has 0 unspecified atom stereocenters. The normalized spacial score (nSPS) is 13.2. The second kappa shape index (κ2) is 7.45. The summed E-state index contributed by atoms with van der Waals surface area (Å²) in [5.74, 6) is 0.336. The predicted octanol–water partition coefficient (Wildman–Crippen LogP) is 4.36. The zero-order chi connectivity index (χ0) is 17.8. The topological polar surface area (TPSA) is 39.7 Å². The lowest BCUT2D eigenvalue weighted by Gasteiger charge is -2.17. The number of hydroxylamine groups is 1. The number of nitrogens with one attached hydrogen (secondary N) is 1. The van der Waals surface area contributed by atoms with Gasteiger partial charge in [-0.1, -0.05) is 36.4 Å². The Kier molecular flexibility index (Phi) is 4.71. The molecule has 1 heterocycles. The lowest BCUT2D eigenvalue weighted by molar-refractivity contribution is 0.0988. The first-order valence-corrected chi connectivity index (χ1v) is 8.35. The van der Waals surface area contributed by atoms with Gasteiger partial charge in [-0.2, -0.15) is 0 Å². The number of fused-ring (bicyclic) bond motifs is 1. The maximum Gasteiger partial charge on any atom is 0.161 e. The van der Waals surface area contributed by atoms with Crippen LogP contribution in [0.1, 0.15) is 5.56 Å². The second-order valence-electron chi connectivity index (χ2n) is 6.11. The molecule has 1 aliphatic heterocycles. The van der Waals surface area contributed by atoms with Crippen LogP contribution in [0.5, 0.6) is 11.5 Å². The highest BCUT2D eigenvalue weighted by Gasteiger charge is 2.08. The zero-order valence-electron chi connectivity index (χ0n) is 14.1. The van der Waals surface area contributed by atoms with E-state index in [0.717, 1.165) is 16.5 Å². The Morgan fingerprint density at radius 1 is 0.962 bits per heavy atom. The van der Waals surface area contributed by atoms with Crippen molar-refractivity contribution in [3.05, 3.63) is 83.8 Å². The van der Waals surface area contributed by atoms with Crippen molar-refractivity contribution in [2.75, 3.05) is 13.2 Å². The second-order valence-corrected chi connectivity index (χ2v) is 6.11. The van der Waals surface area contributed by atoms with Gasteiger partial charge in [0.2, 0.25) is 0 Å². The smallest absolute Gasteiger partial charge is 0.161 e. The Bertz CT molecular complexity index is 949. The molecule has 1 saturated heterocycles. The minimum atomic E-state index is -0.419. The van der Waals surface area contributed by atoms with Crippen molar-refractivity contribution in [3.8, 4) is 11.5 Å². The first-order valence-electron chi connectivity index (χ1n) is 8.35. The monoisotopic (exact) mass is 351 g/mol. The van der Waals surface area contributed by atoms with Crippen LogP contribution in [0.15, 0.2) is 72.4 Å². The van der Waals surface area contributed by atoms with Crippen molar-refractivity contribution in [3.63, 3.8) is 0 Å². The average Bonchev–Trinajstić information content (AvgIpc) is 2.61. The molecule has 0 aliphatic carbocycles. The number of ether oxygens (including phenoxy) is 2. The Morgan fingerprint density at radius 2 is 1.77 bits per heavy atom. The molecule has 0 saturated carbocycles. The Morgan fingerprint density at radius 3 is 2.58 bits per heavy atom. The molecule has 1 fully saturated rings. The molecule has 26 heavy (non-hydrogen) atoms. The molecule has 0 radical (unpaired) electrons. The summed E-state index contributed by atoms with van der Waals surface area (Å²) >= 11 is 0. The first-order chi connectivity index (χ1) is 12.8. The number of hydrogen-bond acceptors (Lipinski definition) is 4. The van der Waals surface area contributed by atoms with E-state index in [-0.39, 0.29) is 0 Å². The van der Waals surface area contributed by atoms with E-state index in [2.05, 4.69) is 29.7 Å². The van der Waals surface area contributed by atoms with Crippen LogP contribution in [0.4, 0.5) is 4.39 Å². The van der Waals surface area contributed by atoms with E-state index in [0.29, 0.717) is 31.3 Å². The lowest BCUT2D eigenvalue weighted by Crippen LogP contribution is -2.21. The largest absolute Gasteiger partial charge is 0.489 e. The Hall–Kier alpha value is -3.05. The van der Waals surface area contributed by atoms with Gasteiger partial charge in [-0.25, -0.2) is 9.87 Å². The van der Waals surface area contributed by atoms with Crippen LogP contribution in [0.25, 0.3) is 10.8 Å². The number of rotatable bonds is 6. The molecule has 0 amide bonds. The van der Waals surface area contributed by atoms with Crippen LogP contribution < -0.4 is 15.1 Å². The third-order valence-electron chi connectivity index (χ3n) is 4.08. The summed E-state index contributed by atoms with van der Waals surface area (Å²) in [4.78, 5) is 5.34. The van der Waals surface area contributed by atoms with Crippen LogP contribution in [-0.4, -0.2) is 13.2 Å². The fraction of sp³-hybridized carbons (Fsp3) is 0.143. The van der Waals surface area contributed by atoms with Crippen LogP contribution in [0.2, 0.25) is 0 Å². The van der Waals surface area contributed by atoms with Crippen molar-refractivity contribution < 1.29 is 18.7 Å². The quantitative estimate of drug-likeness (QED) is 0.670. The molecule has 3 aromatic rings. The van der Waals surface area contributed by atoms with E-state index < -0.39 is 5.82 Å². The van der Waals surface area contributed by atoms with Gasteiger partial charge in [0.1, 0.15) is 18.2 Å². The fourth-order valence-electron chi connectivity index (χ4n) is 2.66. The average molecular weight is 351 g/mol. The minimum Gasteiger partial charge on any atom is -0.489 e. The molecule has 0 atom stereocenters. The summed E-state index contributed by atoms with van der Waals surface area (Å²) in [5, 5.41) is 2.32. The van der Waals surface area contributed by atoms with E-state index in [1.807, 2.05) is 18.2 Å². The molecule has 4 rings (SSSR count). The fourth-order valence-corrected chi connectivity index (χ4v) is 2.66. The van der Waals surface area contributed by atoms with Crippen LogP contribution in [0, 0.1) is 5.82 Å². The summed E-state index contributed by atoms with van der Waals surface area (Å²) in [5.41, 5.74) is 4.80.